The average Bonchev–Trinajstić information content (AvgIpc) is 0.927. The van der Waals surface area contributed by atoms with E-state index in [4.69, 9.17) is 37.0 Å². The van der Waals surface area contributed by atoms with Crippen molar-refractivity contribution in [2.45, 2.75) is 354 Å². The molecule has 578 valence electrons. The number of carbonyl (C=O) groups excluding carboxylic acids is 4. The van der Waals surface area contributed by atoms with Crippen LogP contribution < -0.4 is 68.9 Å². The SMILES string of the molecule is CCCCC/C=C/C/C=C/CCCCCCCC(=O)OC[C@H](COP(=O)([O-])OCC(O)COP(=O)([O-])OC[C@@H](COC(=O)CCCCCCC/C=C/C/C=C/CCCCC)OC(=O)CCCCCCC/C=C/C/C=C/CCCCC)OC(=O)CCCCCCC/C=C/C/C=C/CCCCC.[Na+].[Na+]. The van der Waals surface area contributed by atoms with E-state index in [9.17, 15) is 43.2 Å². The van der Waals surface area contributed by atoms with Crippen molar-refractivity contribution in [3.05, 3.63) is 97.2 Å². The fourth-order valence-electron chi connectivity index (χ4n) is 10.4. The van der Waals surface area contributed by atoms with E-state index in [1.165, 1.54) is 77.0 Å². The predicted molar refractivity (Wildman–Crippen MR) is 404 cm³/mol. The number of rotatable bonds is 74. The Bertz CT molecular complexity index is 2140. The van der Waals surface area contributed by atoms with Crippen molar-refractivity contribution in [2.24, 2.45) is 0 Å². The van der Waals surface area contributed by atoms with Crippen LogP contribution in [0.2, 0.25) is 0 Å². The summed E-state index contributed by atoms with van der Waals surface area (Å²) in [7, 11) is -10.5. The summed E-state index contributed by atoms with van der Waals surface area (Å²) in [6, 6.07) is 0. The van der Waals surface area contributed by atoms with E-state index in [2.05, 4.69) is 125 Å². The zero-order chi connectivity index (χ0) is 73.2. The summed E-state index contributed by atoms with van der Waals surface area (Å²) in [5.41, 5.74) is 0. The number of aliphatic hydroxyl groups excluding tert-OH is 1. The van der Waals surface area contributed by atoms with Crippen LogP contribution in [0.25, 0.3) is 0 Å². The van der Waals surface area contributed by atoms with Crippen molar-refractivity contribution in [1.82, 2.24) is 0 Å². The van der Waals surface area contributed by atoms with Crippen molar-refractivity contribution in [3.8, 4) is 0 Å². The minimum atomic E-state index is -5.25. The number of hydrogen-bond acceptors (Lipinski definition) is 17. The van der Waals surface area contributed by atoms with Crippen LogP contribution in [0.1, 0.15) is 336 Å². The molecule has 0 aliphatic heterocycles. The largest absolute Gasteiger partial charge is 1.00 e. The van der Waals surface area contributed by atoms with Crippen molar-refractivity contribution in [3.63, 3.8) is 0 Å². The summed E-state index contributed by atoms with van der Waals surface area (Å²) in [6.07, 6.45) is 76.0. The van der Waals surface area contributed by atoms with Crippen LogP contribution in [0.5, 0.6) is 0 Å². The Morgan fingerprint density at radius 1 is 0.294 bits per heavy atom. The van der Waals surface area contributed by atoms with Gasteiger partial charge in [-0.25, -0.2) is 0 Å². The minimum Gasteiger partial charge on any atom is -0.756 e. The van der Waals surface area contributed by atoms with Gasteiger partial charge in [-0.2, -0.15) is 0 Å². The van der Waals surface area contributed by atoms with Gasteiger partial charge in [-0.3, -0.25) is 28.3 Å². The fourth-order valence-corrected chi connectivity index (χ4v) is 11.9. The number of carbonyl (C=O) groups is 4. The van der Waals surface area contributed by atoms with E-state index in [0.717, 1.165) is 180 Å². The second kappa shape index (κ2) is 80.0. The molecule has 0 saturated heterocycles. The van der Waals surface area contributed by atoms with Crippen molar-refractivity contribution < 1.29 is 139 Å². The van der Waals surface area contributed by atoms with Crippen LogP contribution >= 0.6 is 15.6 Å². The van der Waals surface area contributed by atoms with Crippen LogP contribution in [-0.2, 0) is 65.4 Å². The Hall–Kier alpha value is -2.02. The third-order valence-corrected chi connectivity index (χ3v) is 18.3. The maximum atomic E-state index is 13.0. The van der Waals surface area contributed by atoms with Crippen molar-refractivity contribution >= 4 is 39.5 Å². The van der Waals surface area contributed by atoms with Gasteiger partial charge in [-0.05, 0) is 154 Å². The van der Waals surface area contributed by atoms with Crippen LogP contribution in [-0.4, -0.2) is 86.9 Å². The summed E-state index contributed by atoms with van der Waals surface area (Å²) >= 11 is 0. The fraction of sp³-hybridized carbons (Fsp3) is 0.753. The first-order chi connectivity index (χ1) is 48.7. The molecule has 0 aromatic rings. The van der Waals surface area contributed by atoms with E-state index in [-0.39, 0.29) is 84.8 Å². The first-order valence-corrected chi connectivity index (χ1v) is 42.4. The van der Waals surface area contributed by atoms with E-state index >= 15 is 0 Å². The number of esters is 4. The maximum Gasteiger partial charge on any atom is 1.00 e. The number of allylic oxidation sites excluding steroid dienone is 16. The average molecular weight is 1490 g/mol. The van der Waals surface area contributed by atoms with Gasteiger partial charge in [0.2, 0.25) is 0 Å². The molecule has 0 radical (unpaired) electrons. The predicted octanol–water partition coefficient (Wildman–Crippen LogP) is 15.5. The number of ether oxygens (including phenoxy) is 4. The van der Waals surface area contributed by atoms with Crippen LogP contribution in [0.4, 0.5) is 0 Å². The zero-order valence-electron chi connectivity index (χ0n) is 65.0. The Balaban J connectivity index is -0.0000490. The topological polar surface area (TPSA) is 243 Å². The molecular formula is C81H140Na2O17P2. The summed E-state index contributed by atoms with van der Waals surface area (Å²) in [5.74, 6) is -2.32. The number of unbranched alkanes of at least 4 members (excludes halogenated alkanes) is 32. The molecule has 0 bridgehead atoms. The van der Waals surface area contributed by atoms with Crippen molar-refractivity contribution in [1.29, 1.82) is 0 Å². The first kappa shape index (κ1) is 104. The second-order valence-corrected chi connectivity index (χ2v) is 29.1. The summed E-state index contributed by atoms with van der Waals surface area (Å²) in [4.78, 5) is 77.6. The molecule has 1 N–H and O–H groups in total. The normalized spacial score (nSPS) is 14.1. The summed E-state index contributed by atoms with van der Waals surface area (Å²) in [5, 5.41) is 10.6. The van der Waals surface area contributed by atoms with Gasteiger partial charge in [0, 0.05) is 25.7 Å². The quantitative estimate of drug-likeness (QED) is 0.0149. The Labute approximate surface area is 664 Å². The molecule has 21 heteroatoms. The van der Waals surface area contributed by atoms with Gasteiger partial charge in [-0.1, -0.05) is 253 Å². The molecule has 102 heavy (non-hydrogen) atoms. The third-order valence-electron chi connectivity index (χ3n) is 16.5. The van der Waals surface area contributed by atoms with Gasteiger partial charge < -0.3 is 51.9 Å². The van der Waals surface area contributed by atoms with Gasteiger partial charge in [0.15, 0.2) is 12.2 Å². The van der Waals surface area contributed by atoms with E-state index in [1.54, 1.807) is 0 Å². The number of phosphoric ester groups is 2. The first-order valence-electron chi connectivity index (χ1n) is 39.4. The maximum absolute atomic E-state index is 13.0. The Morgan fingerprint density at radius 3 is 0.745 bits per heavy atom. The Morgan fingerprint density at radius 2 is 0.500 bits per heavy atom. The van der Waals surface area contributed by atoms with Gasteiger partial charge in [0.25, 0.3) is 15.6 Å². The molecule has 0 aliphatic rings. The van der Waals surface area contributed by atoms with Crippen LogP contribution in [0.3, 0.4) is 0 Å². The minimum absolute atomic E-state index is 0. The molecule has 0 rings (SSSR count). The van der Waals surface area contributed by atoms with Gasteiger partial charge >= 0.3 is 83.0 Å². The molecule has 0 fully saturated rings. The molecule has 4 atom stereocenters. The molecule has 17 nitrogen and oxygen atoms in total. The molecular weight excluding hydrogens is 1350 g/mol. The Kier molecular flexibility index (Phi) is 81.7. The molecule has 0 aromatic carbocycles. The van der Waals surface area contributed by atoms with Gasteiger partial charge in [0.05, 0.1) is 26.4 Å². The smallest absolute Gasteiger partial charge is 0.756 e. The summed E-state index contributed by atoms with van der Waals surface area (Å²) < 4.78 is 67.7. The molecule has 0 saturated carbocycles. The number of aliphatic hydroxyl groups is 1. The number of hydrogen-bond donors (Lipinski definition) is 1. The third kappa shape index (κ3) is 79.0. The molecule has 0 amide bonds. The molecule has 2 unspecified atom stereocenters. The van der Waals surface area contributed by atoms with E-state index < -0.39 is 97.5 Å². The van der Waals surface area contributed by atoms with Crippen LogP contribution in [0.15, 0.2) is 97.2 Å². The molecule has 0 spiro atoms. The molecule has 0 aliphatic carbocycles. The standard InChI is InChI=1S/C81H142O17P2.2Na/c1-5-9-13-17-21-25-29-33-37-41-45-49-53-57-61-65-78(83)91-71-76(97-80(85)67-63-59-55-51-47-43-39-35-31-27-23-19-15-11-7-3)73-95-99(87,88)93-69-75(82)70-94-100(89,90)96-74-77(98-81(86)68-64-60-56-52-48-44-40-36-32-28-24-20-16-12-8-4)72-92-79(84)66-62-58-54-50-46-42-38-34-30-26-22-18-14-10-6-2;;/h21-28,33-40,75-77,82H,5-20,29-32,41-74H2,1-4H3,(H,87,88)(H,89,90);;/q;2*+1/p-2/b25-21+,26-22+,27-23+,28-24+,37-33+,38-34+,39-35+,40-36+;;/t76-,77-;;/m1../s1. The second-order valence-electron chi connectivity index (χ2n) is 26.2. The molecule has 0 heterocycles. The van der Waals surface area contributed by atoms with Gasteiger partial charge in [0.1, 0.15) is 19.3 Å². The van der Waals surface area contributed by atoms with Gasteiger partial charge in [-0.15, -0.1) is 0 Å². The van der Waals surface area contributed by atoms with E-state index in [1.807, 2.05) is 0 Å². The molecule has 0 aromatic heterocycles. The zero-order valence-corrected chi connectivity index (χ0v) is 70.8. The van der Waals surface area contributed by atoms with Crippen molar-refractivity contribution in [2.75, 3.05) is 39.6 Å². The van der Waals surface area contributed by atoms with Crippen LogP contribution in [0, 0.1) is 0 Å². The van der Waals surface area contributed by atoms with E-state index in [0.29, 0.717) is 25.7 Å². The number of phosphoric acid groups is 2. The monoisotopic (exact) mass is 1490 g/mol. The summed E-state index contributed by atoms with van der Waals surface area (Å²) in [6.45, 7) is 4.33.